The Balaban J connectivity index is 1.60. The smallest absolute Gasteiger partial charge is 0.332 e. The van der Waals surface area contributed by atoms with E-state index in [1.807, 2.05) is 36.1 Å². The second-order valence-corrected chi connectivity index (χ2v) is 10.2. The first-order valence-electron chi connectivity index (χ1n) is 13.3. The van der Waals surface area contributed by atoms with Gasteiger partial charge in [-0.15, -0.1) is 5.92 Å². The van der Waals surface area contributed by atoms with Crippen LogP contribution in [0, 0.1) is 18.8 Å². The maximum atomic E-state index is 13.9. The van der Waals surface area contributed by atoms with E-state index >= 15 is 0 Å². The molecule has 1 aliphatic rings. The van der Waals surface area contributed by atoms with Crippen molar-refractivity contribution in [3.05, 3.63) is 56.6 Å². The van der Waals surface area contributed by atoms with Gasteiger partial charge in [-0.1, -0.05) is 24.1 Å². The van der Waals surface area contributed by atoms with E-state index < -0.39 is 17.3 Å². The Morgan fingerprint density at radius 1 is 1.20 bits per heavy atom. The predicted molar refractivity (Wildman–Crippen MR) is 153 cm³/mol. The van der Waals surface area contributed by atoms with E-state index in [0.717, 1.165) is 34.0 Å². The number of rotatable bonds is 6. The first-order chi connectivity index (χ1) is 19.2. The van der Waals surface area contributed by atoms with Crippen LogP contribution in [0.4, 0.5) is 5.95 Å². The van der Waals surface area contributed by atoms with Crippen LogP contribution in [-0.4, -0.2) is 59.7 Å². The highest BCUT2D eigenvalue weighted by molar-refractivity contribution is 5.81. The quantitative estimate of drug-likeness (QED) is 0.337. The summed E-state index contributed by atoms with van der Waals surface area (Å²) in [6, 6.07) is 6.90. The summed E-state index contributed by atoms with van der Waals surface area (Å²) in [5.41, 5.74) is 6.82. The summed E-state index contributed by atoms with van der Waals surface area (Å²) in [6.45, 7) is 6.57. The van der Waals surface area contributed by atoms with Crippen LogP contribution in [-0.2, 0) is 24.9 Å². The second kappa shape index (κ2) is 10.9. The Bertz CT molecular complexity index is 1790. The number of carbonyl (C=O) groups is 1. The van der Waals surface area contributed by atoms with Crippen molar-refractivity contribution in [3.8, 4) is 11.8 Å². The van der Waals surface area contributed by atoms with Gasteiger partial charge in [0.25, 0.3) is 5.56 Å². The fourth-order valence-corrected chi connectivity index (χ4v) is 5.17. The molecule has 0 spiro atoms. The molecule has 0 bridgehead atoms. The number of para-hydroxylation sites is 1. The number of carbonyl (C=O) groups excluding carboxylic acids is 1. The molecule has 1 amide bonds. The number of hydrogen-bond acceptors (Lipinski definition) is 8. The van der Waals surface area contributed by atoms with Gasteiger partial charge in [-0.25, -0.2) is 14.8 Å². The number of anilines is 1. The Hall–Kier alpha value is -4.50. The van der Waals surface area contributed by atoms with Gasteiger partial charge in [0.2, 0.25) is 11.9 Å². The number of nitrogens with one attached hydrogen (secondary N) is 1. The fourth-order valence-electron chi connectivity index (χ4n) is 5.17. The molecule has 1 aromatic carbocycles. The summed E-state index contributed by atoms with van der Waals surface area (Å²) in [7, 11) is 1.60. The number of fused-ring (bicyclic) bond motifs is 2. The van der Waals surface area contributed by atoms with Gasteiger partial charge >= 0.3 is 5.69 Å². The van der Waals surface area contributed by atoms with Crippen molar-refractivity contribution in [2.45, 2.75) is 58.8 Å². The minimum Gasteiger partial charge on any atom is -0.350 e. The lowest BCUT2D eigenvalue weighted by molar-refractivity contribution is -0.122. The molecule has 1 aliphatic heterocycles. The first kappa shape index (κ1) is 27.1. The van der Waals surface area contributed by atoms with Gasteiger partial charge < -0.3 is 16.0 Å². The molecule has 4 heterocycles. The van der Waals surface area contributed by atoms with E-state index in [-0.39, 0.29) is 36.2 Å². The van der Waals surface area contributed by atoms with Gasteiger partial charge in [0, 0.05) is 37.3 Å². The summed E-state index contributed by atoms with van der Waals surface area (Å²) in [5.74, 6) is 6.61. The van der Waals surface area contributed by atoms with Gasteiger partial charge in [0.1, 0.15) is 5.82 Å². The Kier molecular flexibility index (Phi) is 7.40. The molecule has 0 unspecified atom stereocenters. The van der Waals surface area contributed by atoms with Crippen molar-refractivity contribution in [2.75, 3.05) is 18.0 Å². The molecule has 12 nitrogen and oxygen atoms in total. The van der Waals surface area contributed by atoms with E-state index in [1.54, 1.807) is 25.5 Å². The molecule has 2 atom stereocenters. The highest BCUT2D eigenvalue weighted by atomic mass is 16.2. The molecule has 40 heavy (non-hydrogen) atoms. The molecule has 3 aromatic heterocycles. The van der Waals surface area contributed by atoms with Crippen molar-refractivity contribution < 1.29 is 4.79 Å². The van der Waals surface area contributed by atoms with Gasteiger partial charge in [-0.05, 0) is 39.7 Å². The standard InChI is InChI=1S/C28H33N9O3/c1-5-6-14-36-23-24(33-27(36)35-13-9-10-19(15-35)31-25(38)17(2)29)34(4)28(40)37(26(23)39)16-22-30-18(3)20-11-7-8-12-21(20)32-22/h7-8,11-12,17,19H,9-10,13-16,29H2,1-4H3,(H,31,38)/t17-,19+/m0/s1. The summed E-state index contributed by atoms with van der Waals surface area (Å²) in [5, 5.41) is 3.91. The van der Waals surface area contributed by atoms with Crippen molar-refractivity contribution >= 4 is 33.9 Å². The van der Waals surface area contributed by atoms with Crippen molar-refractivity contribution in [1.82, 2.24) is 34.0 Å². The Labute approximate surface area is 230 Å². The van der Waals surface area contributed by atoms with Crippen LogP contribution in [0.2, 0.25) is 0 Å². The molecule has 208 valence electrons. The predicted octanol–water partition coefficient (Wildman–Crippen LogP) is 0.652. The summed E-state index contributed by atoms with van der Waals surface area (Å²) in [6.07, 6.45) is 1.62. The van der Waals surface area contributed by atoms with Crippen molar-refractivity contribution in [2.24, 2.45) is 12.8 Å². The molecule has 5 rings (SSSR count). The number of piperidine rings is 1. The fraction of sp³-hybridized carbons (Fsp3) is 0.429. The lowest BCUT2D eigenvalue weighted by atomic mass is 10.1. The minimum absolute atomic E-state index is 0.0812. The SMILES string of the molecule is CC#CCn1c(N2CCC[C@@H](NC(=O)[C@H](C)N)C2)nc2c1c(=O)n(Cc1nc(C)c3ccccc3n1)c(=O)n2C. The summed E-state index contributed by atoms with van der Waals surface area (Å²) >= 11 is 0. The van der Waals surface area contributed by atoms with E-state index in [0.29, 0.717) is 24.9 Å². The Morgan fingerprint density at radius 3 is 2.73 bits per heavy atom. The van der Waals surface area contributed by atoms with Gasteiger partial charge in [-0.2, -0.15) is 4.98 Å². The normalized spacial score (nSPS) is 16.1. The third-order valence-corrected chi connectivity index (χ3v) is 7.23. The van der Waals surface area contributed by atoms with E-state index in [4.69, 9.17) is 10.7 Å². The van der Waals surface area contributed by atoms with Crippen LogP contribution in [0.3, 0.4) is 0 Å². The zero-order valence-corrected chi connectivity index (χ0v) is 23.1. The molecule has 0 saturated carbocycles. The highest BCUT2D eigenvalue weighted by Crippen LogP contribution is 2.23. The summed E-state index contributed by atoms with van der Waals surface area (Å²) in [4.78, 5) is 55.5. The number of amides is 1. The second-order valence-electron chi connectivity index (χ2n) is 10.2. The Morgan fingerprint density at radius 2 is 1.98 bits per heavy atom. The van der Waals surface area contributed by atoms with Crippen molar-refractivity contribution in [1.29, 1.82) is 0 Å². The summed E-state index contributed by atoms with van der Waals surface area (Å²) < 4.78 is 4.28. The van der Waals surface area contributed by atoms with Crippen LogP contribution in [0.1, 0.15) is 38.2 Å². The molecule has 12 heteroatoms. The number of aromatic nitrogens is 6. The zero-order valence-electron chi connectivity index (χ0n) is 23.1. The van der Waals surface area contributed by atoms with Crippen LogP contribution in [0.15, 0.2) is 33.9 Å². The average Bonchev–Trinajstić information content (AvgIpc) is 3.33. The monoisotopic (exact) mass is 543 g/mol. The lowest BCUT2D eigenvalue weighted by Gasteiger charge is -2.34. The topological polar surface area (TPSA) is 146 Å². The molecule has 0 aliphatic carbocycles. The van der Waals surface area contributed by atoms with Gasteiger partial charge in [0.05, 0.1) is 24.6 Å². The van der Waals surface area contributed by atoms with Crippen LogP contribution < -0.4 is 27.2 Å². The number of imidazole rings is 1. The number of aryl methyl sites for hydroxylation is 2. The molecule has 1 fully saturated rings. The maximum absolute atomic E-state index is 13.9. The lowest BCUT2D eigenvalue weighted by Crippen LogP contribution is -2.51. The van der Waals surface area contributed by atoms with Gasteiger partial charge in [0.15, 0.2) is 11.2 Å². The third kappa shape index (κ3) is 4.96. The van der Waals surface area contributed by atoms with Crippen LogP contribution >= 0.6 is 0 Å². The number of nitrogens with zero attached hydrogens (tertiary/aromatic N) is 7. The molecular weight excluding hydrogens is 510 g/mol. The van der Waals surface area contributed by atoms with E-state index in [2.05, 4.69) is 27.1 Å². The third-order valence-electron chi connectivity index (χ3n) is 7.23. The maximum Gasteiger partial charge on any atom is 0.332 e. The number of benzene rings is 1. The van der Waals surface area contributed by atoms with E-state index in [1.165, 1.54) is 4.57 Å². The number of nitrogens with two attached hydrogens (primary N) is 1. The van der Waals surface area contributed by atoms with Crippen molar-refractivity contribution in [3.63, 3.8) is 0 Å². The molecule has 0 radical (unpaired) electrons. The molecule has 3 N–H and O–H groups in total. The average molecular weight is 544 g/mol. The largest absolute Gasteiger partial charge is 0.350 e. The highest BCUT2D eigenvalue weighted by Gasteiger charge is 2.28. The molecular formula is C28H33N9O3. The van der Waals surface area contributed by atoms with Crippen LogP contribution in [0.25, 0.3) is 22.1 Å². The first-order valence-corrected chi connectivity index (χ1v) is 13.3. The van der Waals surface area contributed by atoms with E-state index in [9.17, 15) is 14.4 Å². The molecule has 4 aromatic rings. The molecule has 1 saturated heterocycles. The number of hydrogen-bond donors (Lipinski definition) is 2. The minimum atomic E-state index is -0.608. The zero-order chi connectivity index (χ0) is 28.6. The van der Waals surface area contributed by atoms with Crippen LogP contribution in [0.5, 0.6) is 0 Å². The van der Waals surface area contributed by atoms with Gasteiger partial charge in [-0.3, -0.25) is 23.3 Å².